The van der Waals surface area contributed by atoms with Crippen molar-refractivity contribution in [2.24, 2.45) is 11.8 Å². The van der Waals surface area contributed by atoms with E-state index >= 15 is 0 Å². The Morgan fingerprint density at radius 1 is 0.735 bits per heavy atom. The lowest BCUT2D eigenvalue weighted by Gasteiger charge is -2.31. The van der Waals surface area contributed by atoms with Crippen molar-refractivity contribution in [3.05, 3.63) is 69.8 Å². The Labute approximate surface area is 287 Å². The average molecular weight is 671 g/mol. The molecule has 2 aliphatic heterocycles. The van der Waals surface area contributed by atoms with Crippen LogP contribution in [-0.4, -0.2) is 77.5 Å². The van der Waals surface area contributed by atoms with Gasteiger partial charge < -0.3 is 19.5 Å². The van der Waals surface area contributed by atoms with Crippen LogP contribution >= 0.6 is 0 Å². The minimum absolute atomic E-state index is 0.0442. The zero-order chi connectivity index (χ0) is 34.4. The van der Waals surface area contributed by atoms with Gasteiger partial charge in [0.1, 0.15) is 17.7 Å². The minimum Gasteiger partial charge on any atom is -0.456 e. The Bertz CT molecular complexity index is 1670. The van der Waals surface area contributed by atoms with E-state index in [1.807, 2.05) is 24.3 Å². The summed E-state index contributed by atoms with van der Waals surface area (Å²) >= 11 is 0. The predicted octanol–water partition coefficient (Wildman–Crippen LogP) is 5.34. The van der Waals surface area contributed by atoms with Crippen LogP contribution in [0.15, 0.2) is 36.4 Å². The fourth-order valence-electron chi connectivity index (χ4n) is 8.73. The Hall–Kier alpha value is -4.05. The zero-order valence-corrected chi connectivity index (χ0v) is 28.6. The second-order valence-corrected chi connectivity index (χ2v) is 15.5. The van der Waals surface area contributed by atoms with E-state index in [-0.39, 0.29) is 42.1 Å². The molecule has 260 valence electrons. The van der Waals surface area contributed by atoms with Crippen LogP contribution in [0.1, 0.15) is 115 Å². The molecule has 49 heavy (non-hydrogen) atoms. The third-order valence-corrected chi connectivity index (χ3v) is 11.1. The molecule has 2 heterocycles. The van der Waals surface area contributed by atoms with E-state index in [1.54, 1.807) is 37.8 Å². The predicted molar refractivity (Wildman–Crippen MR) is 179 cm³/mol. The topological polar surface area (TPSA) is 128 Å². The summed E-state index contributed by atoms with van der Waals surface area (Å²) < 4.78 is 16.6. The highest BCUT2D eigenvalue weighted by atomic mass is 16.6. The second-order valence-electron chi connectivity index (χ2n) is 15.5. The van der Waals surface area contributed by atoms with Crippen molar-refractivity contribution in [3.8, 4) is 0 Å². The molecule has 6 unspecified atom stereocenters. The van der Waals surface area contributed by atoms with Crippen molar-refractivity contribution >= 4 is 29.6 Å². The lowest BCUT2D eigenvalue weighted by Crippen LogP contribution is -2.47. The van der Waals surface area contributed by atoms with Crippen molar-refractivity contribution in [2.45, 2.75) is 115 Å². The molecule has 4 fully saturated rings. The van der Waals surface area contributed by atoms with Gasteiger partial charge in [0, 0.05) is 23.2 Å². The van der Waals surface area contributed by atoms with Gasteiger partial charge in [0.05, 0.1) is 0 Å². The van der Waals surface area contributed by atoms with Crippen LogP contribution in [0, 0.1) is 11.8 Å². The van der Waals surface area contributed by atoms with Crippen molar-refractivity contribution < 1.29 is 38.2 Å². The van der Waals surface area contributed by atoms with Crippen molar-refractivity contribution in [3.63, 3.8) is 0 Å². The molecule has 1 amide bonds. The average Bonchev–Trinajstić information content (AvgIpc) is 3.85. The first-order valence-corrected chi connectivity index (χ1v) is 17.8. The van der Waals surface area contributed by atoms with E-state index in [1.165, 1.54) is 6.42 Å². The van der Waals surface area contributed by atoms with Crippen LogP contribution in [-0.2, 0) is 36.6 Å². The maximum absolute atomic E-state index is 13.2. The molecule has 7 rings (SSSR count). The normalized spacial score (nSPS) is 26.7. The fourth-order valence-corrected chi connectivity index (χ4v) is 8.73. The highest BCUT2D eigenvalue weighted by Gasteiger charge is 2.50. The number of rotatable bonds is 8. The summed E-state index contributed by atoms with van der Waals surface area (Å²) in [6.45, 7) is 4.71. The molecule has 6 atom stereocenters. The molecular formula is C39H46N2O8. The van der Waals surface area contributed by atoms with Gasteiger partial charge in [-0.15, -0.1) is 0 Å². The van der Waals surface area contributed by atoms with E-state index in [0.29, 0.717) is 42.3 Å². The van der Waals surface area contributed by atoms with Gasteiger partial charge in [-0.1, -0.05) is 37.1 Å². The number of hydrogen-bond donors (Lipinski definition) is 1. The SMILES string of the molecule is CC(C)(C)OC(=O)N1C(C(=O)OCC(=O)c2ccc3c(c2)Cc2ccc(C(=O)COC(=O)C4CC5CCCC5N4)cc2C3)CC2CCCC21. The van der Waals surface area contributed by atoms with Gasteiger partial charge in [0.15, 0.2) is 24.8 Å². The molecule has 0 spiro atoms. The quantitative estimate of drug-likeness (QED) is 0.192. The highest BCUT2D eigenvalue weighted by molar-refractivity contribution is 5.99. The monoisotopic (exact) mass is 670 g/mol. The third-order valence-electron chi connectivity index (χ3n) is 11.1. The van der Waals surface area contributed by atoms with Crippen LogP contribution < -0.4 is 5.32 Å². The number of carbonyl (C=O) groups excluding carboxylic acids is 5. The number of nitrogens with zero attached hydrogens (tertiary/aromatic N) is 1. The Morgan fingerprint density at radius 2 is 1.33 bits per heavy atom. The molecule has 2 saturated heterocycles. The van der Waals surface area contributed by atoms with E-state index in [9.17, 15) is 24.0 Å². The molecule has 3 aliphatic carbocycles. The van der Waals surface area contributed by atoms with Crippen molar-refractivity contribution in [1.29, 1.82) is 0 Å². The summed E-state index contributed by atoms with van der Waals surface area (Å²) in [4.78, 5) is 66.6. The van der Waals surface area contributed by atoms with Gasteiger partial charge in [-0.25, -0.2) is 9.59 Å². The summed E-state index contributed by atoms with van der Waals surface area (Å²) in [7, 11) is 0. The zero-order valence-electron chi connectivity index (χ0n) is 28.6. The Morgan fingerprint density at radius 3 is 1.94 bits per heavy atom. The molecule has 0 radical (unpaired) electrons. The number of fused-ring (bicyclic) bond motifs is 4. The van der Waals surface area contributed by atoms with Gasteiger partial charge in [-0.05, 0) is 118 Å². The molecule has 2 aromatic rings. The highest BCUT2D eigenvalue weighted by Crippen LogP contribution is 2.42. The van der Waals surface area contributed by atoms with Gasteiger partial charge in [-0.2, -0.15) is 0 Å². The molecule has 5 aliphatic rings. The van der Waals surface area contributed by atoms with Gasteiger partial charge >= 0.3 is 18.0 Å². The number of amides is 1. The number of esters is 2. The molecule has 0 aromatic heterocycles. The van der Waals surface area contributed by atoms with Crippen LogP contribution in [0.3, 0.4) is 0 Å². The lowest BCUT2D eigenvalue weighted by atomic mass is 9.84. The number of hydrogen-bond acceptors (Lipinski definition) is 9. The first kappa shape index (κ1) is 33.4. The van der Waals surface area contributed by atoms with Crippen LogP contribution in [0.4, 0.5) is 4.79 Å². The Balaban J connectivity index is 0.934. The molecule has 2 aromatic carbocycles. The number of Topliss-reactive ketones (excluding diaryl/α,β-unsaturated/α-hetero) is 2. The largest absolute Gasteiger partial charge is 0.456 e. The third kappa shape index (κ3) is 7.02. The smallest absolute Gasteiger partial charge is 0.411 e. The van der Waals surface area contributed by atoms with E-state index < -0.39 is 30.3 Å². The summed E-state index contributed by atoms with van der Waals surface area (Å²) in [6, 6.07) is 10.3. The number of benzene rings is 2. The Kier molecular flexibility index (Phi) is 9.11. The standard InChI is InChI=1S/C39H46N2O8/c1-39(2,3)49-38(46)41-32-9-5-7-25(32)19-33(41)37(45)48-21-35(43)27-13-11-23-14-28-16-26(12-10-22(28)15-29(23)17-27)34(42)20-47-36(44)31-18-24-6-4-8-30(24)40-31/h10-13,16-17,24-25,30-33,40H,4-9,14-15,18-21H2,1-3H3. The number of likely N-dealkylation sites (tertiary alicyclic amines) is 1. The molecule has 10 nitrogen and oxygen atoms in total. The molecular weight excluding hydrogens is 624 g/mol. The van der Waals surface area contributed by atoms with Gasteiger partial charge in [-0.3, -0.25) is 19.3 Å². The van der Waals surface area contributed by atoms with Crippen LogP contribution in [0.25, 0.3) is 0 Å². The van der Waals surface area contributed by atoms with Gasteiger partial charge in [0.2, 0.25) is 0 Å². The van der Waals surface area contributed by atoms with Crippen LogP contribution in [0.5, 0.6) is 0 Å². The second kappa shape index (κ2) is 13.3. The van der Waals surface area contributed by atoms with E-state index in [2.05, 4.69) is 5.32 Å². The maximum atomic E-state index is 13.2. The summed E-state index contributed by atoms with van der Waals surface area (Å²) in [5.41, 5.74) is 4.43. The van der Waals surface area contributed by atoms with Crippen molar-refractivity contribution in [2.75, 3.05) is 13.2 Å². The fraction of sp³-hybridized carbons (Fsp3) is 0.564. The molecule has 2 saturated carbocycles. The number of ether oxygens (including phenoxy) is 3. The molecule has 1 N–H and O–H groups in total. The summed E-state index contributed by atoms with van der Waals surface area (Å²) in [5.74, 6) is -0.698. The van der Waals surface area contributed by atoms with E-state index in [4.69, 9.17) is 14.2 Å². The lowest BCUT2D eigenvalue weighted by molar-refractivity contribution is -0.148. The van der Waals surface area contributed by atoms with Crippen LogP contribution in [0.2, 0.25) is 0 Å². The first-order valence-electron chi connectivity index (χ1n) is 17.8. The summed E-state index contributed by atoms with van der Waals surface area (Å²) in [6.07, 6.45) is 8.22. The minimum atomic E-state index is -0.758. The van der Waals surface area contributed by atoms with E-state index in [0.717, 1.165) is 60.8 Å². The molecule has 0 bridgehead atoms. The number of carbonyl (C=O) groups is 5. The van der Waals surface area contributed by atoms with Gasteiger partial charge in [0.25, 0.3) is 0 Å². The first-order chi connectivity index (χ1) is 23.4. The van der Waals surface area contributed by atoms with Crippen molar-refractivity contribution in [1.82, 2.24) is 10.2 Å². The molecule has 10 heteroatoms. The summed E-state index contributed by atoms with van der Waals surface area (Å²) in [5, 5.41) is 3.37. The maximum Gasteiger partial charge on any atom is 0.411 e. The number of nitrogens with one attached hydrogen (secondary N) is 1. The number of ketones is 2.